The Balaban J connectivity index is 2.07. The van der Waals surface area contributed by atoms with Crippen molar-refractivity contribution in [3.05, 3.63) is 59.0 Å². The van der Waals surface area contributed by atoms with Crippen LogP contribution >= 0.6 is 11.3 Å². The average Bonchev–Trinajstić information content (AvgIpc) is 3.01. The van der Waals surface area contributed by atoms with Crippen LogP contribution in [0.15, 0.2) is 48.5 Å². The maximum Gasteiger partial charge on any atom is 0.348 e. The maximum atomic E-state index is 11.6. The number of hydrogen-bond donors (Lipinski definition) is 1. The Bertz CT molecular complexity index is 836. The summed E-state index contributed by atoms with van der Waals surface area (Å²) in [6.45, 7) is 1.99. The van der Waals surface area contributed by atoms with Gasteiger partial charge in [0.1, 0.15) is 15.6 Å². The van der Waals surface area contributed by atoms with Gasteiger partial charge >= 0.3 is 5.97 Å². The van der Waals surface area contributed by atoms with E-state index >= 15 is 0 Å². The zero-order valence-electron chi connectivity index (χ0n) is 12.7. The van der Waals surface area contributed by atoms with Gasteiger partial charge in [0.15, 0.2) is 0 Å². The lowest BCUT2D eigenvalue weighted by Gasteiger charge is -2.00. The molecule has 0 bridgehead atoms. The third kappa shape index (κ3) is 3.10. The number of hydrogen-bond acceptors (Lipinski definition) is 4. The van der Waals surface area contributed by atoms with Gasteiger partial charge in [-0.25, -0.2) is 9.78 Å². The minimum Gasteiger partial charge on any atom is -0.497 e. The molecule has 0 atom stereocenters. The monoisotopic (exact) mass is 325 g/mol. The second kappa shape index (κ2) is 6.22. The third-order valence-electron chi connectivity index (χ3n) is 3.48. The molecular formula is C18H15NO3S. The molecule has 4 nitrogen and oxygen atoms in total. The van der Waals surface area contributed by atoms with E-state index in [1.807, 2.05) is 55.5 Å². The molecule has 116 valence electrons. The minimum atomic E-state index is -0.960. The van der Waals surface area contributed by atoms with Crippen molar-refractivity contribution in [1.82, 2.24) is 4.98 Å². The molecular weight excluding hydrogens is 310 g/mol. The number of methoxy groups -OCH3 is 1. The number of thiazole rings is 1. The van der Waals surface area contributed by atoms with Gasteiger partial charge in [0.05, 0.1) is 12.8 Å². The fourth-order valence-corrected chi connectivity index (χ4v) is 3.16. The first-order valence-corrected chi connectivity index (χ1v) is 7.85. The Hall–Kier alpha value is -2.66. The molecule has 5 heteroatoms. The highest BCUT2D eigenvalue weighted by Gasteiger charge is 2.19. The normalized spacial score (nSPS) is 10.5. The number of carbonyl (C=O) groups is 1. The van der Waals surface area contributed by atoms with E-state index in [9.17, 15) is 9.90 Å². The molecule has 0 unspecified atom stereocenters. The van der Waals surface area contributed by atoms with Gasteiger partial charge in [-0.05, 0) is 31.2 Å². The van der Waals surface area contributed by atoms with Crippen molar-refractivity contribution in [1.29, 1.82) is 0 Å². The highest BCUT2D eigenvalue weighted by Crippen LogP contribution is 2.34. The van der Waals surface area contributed by atoms with Crippen LogP contribution in [0.3, 0.4) is 0 Å². The Kier molecular flexibility index (Phi) is 4.12. The Morgan fingerprint density at radius 2 is 1.65 bits per heavy atom. The topological polar surface area (TPSA) is 59.4 Å². The lowest BCUT2D eigenvalue weighted by Crippen LogP contribution is -1.95. The van der Waals surface area contributed by atoms with E-state index in [1.165, 1.54) is 11.3 Å². The summed E-state index contributed by atoms with van der Waals surface area (Å²) in [4.78, 5) is 16.4. The molecule has 0 amide bonds. The summed E-state index contributed by atoms with van der Waals surface area (Å²) in [5.41, 5.74) is 3.31. The summed E-state index contributed by atoms with van der Waals surface area (Å²) in [5.74, 6) is -0.208. The smallest absolute Gasteiger partial charge is 0.348 e. The fourth-order valence-electron chi connectivity index (χ4n) is 2.23. The first-order chi connectivity index (χ1) is 11.1. The molecule has 0 fully saturated rings. The number of aromatic nitrogens is 1. The van der Waals surface area contributed by atoms with Crippen molar-refractivity contribution in [2.75, 3.05) is 7.11 Å². The molecule has 0 aliphatic carbocycles. The van der Waals surface area contributed by atoms with Crippen LogP contribution in [-0.4, -0.2) is 23.2 Å². The summed E-state index contributed by atoms with van der Waals surface area (Å²) >= 11 is 1.18. The Morgan fingerprint density at radius 3 is 2.22 bits per heavy atom. The van der Waals surface area contributed by atoms with Gasteiger partial charge in [0, 0.05) is 11.1 Å². The van der Waals surface area contributed by atoms with E-state index in [2.05, 4.69) is 4.98 Å². The van der Waals surface area contributed by atoms with Crippen molar-refractivity contribution >= 4 is 17.3 Å². The van der Waals surface area contributed by atoms with E-state index in [0.29, 0.717) is 10.7 Å². The van der Waals surface area contributed by atoms with E-state index in [-0.39, 0.29) is 4.88 Å². The van der Waals surface area contributed by atoms with Crippen LogP contribution in [0.1, 0.15) is 15.2 Å². The third-order valence-corrected chi connectivity index (χ3v) is 4.58. The first-order valence-electron chi connectivity index (χ1n) is 7.04. The largest absolute Gasteiger partial charge is 0.497 e. The van der Waals surface area contributed by atoms with E-state index in [0.717, 1.165) is 22.4 Å². The lowest BCUT2D eigenvalue weighted by atomic mass is 10.1. The van der Waals surface area contributed by atoms with Gasteiger partial charge in [0.2, 0.25) is 0 Å². The Labute approximate surface area is 138 Å². The average molecular weight is 325 g/mol. The molecule has 1 aromatic heterocycles. The molecule has 0 saturated heterocycles. The molecule has 0 aliphatic rings. The number of carboxylic acids is 1. The predicted octanol–water partition coefficient (Wildman–Crippen LogP) is 4.49. The summed E-state index contributed by atoms with van der Waals surface area (Å²) in [6.07, 6.45) is 0. The second-order valence-electron chi connectivity index (χ2n) is 5.10. The standard InChI is InChI=1S/C18H15NO3S/c1-11-3-5-12(6-4-11)15-16(18(20)21)23-17(19-15)13-7-9-14(22-2)10-8-13/h3-10H,1-2H3,(H,20,21). The zero-order valence-corrected chi connectivity index (χ0v) is 13.6. The fraction of sp³-hybridized carbons (Fsp3) is 0.111. The van der Waals surface area contributed by atoms with Crippen molar-refractivity contribution in [3.8, 4) is 27.6 Å². The van der Waals surface area contributed by atoms with Crippen LogP contribution in [0.4, 0.5) is 0 Å². The molecule has 23 heavy (non-hydrogen) atoms. The van der Waals surface area contributed by atoms with Crippen molar-refractivity contribution in [3.63, 3.8) is 0 Å². The SMILES string of the molecule is COc1ccc(-c2nc(-c3ccc(C)cc3)c(C(=O)O)s2)cc1. The molecule has 1 heterocycles. The van der Waals surface area contributed by atoms with E-state index in [4.69, 9.17) is 4.74 Å². The van der Waals surface area contributed by atoms with Crippen LogP contribution < -0.4 is 4.74 Å². The van der Waals surface area contributed by atoms with Crippen LogP contribution in [0.5, 0.6) is 5.75 Å². The number of carboxylic acid groups (broad SMARTS) is 1. The molecule has 0 spiro atoms. The number of rotatable bonds is 4. The van der Waals surface area contributed by atoms with Crippen molar-refractivity contribution < 1.29 is 14.6 Å². The van der Waals surface area contributed by atoms with Gasteiger partial charge in [-0.2, -0.15) is 0 Å². The highest BCUT2D eigenvalue weighted by molar-refractivity contribution is 7.17. The number of nitrogens with zero attached hydrogens (tertiary/aromatic N) is 1. The van der Waals surface area contributed by atoms with E-state index < -0.39 is 5.97 Å². The number of ether oxygens (including phenoxy) is 1. The van der Waals surface area contributed by atoms with Crippen LogP contribution in [0.2, 0.25) is 0 Å². The number of aryl methyl sites for hydroxylation is 1. The number of aromatic carboxylic acids is 1. The molecule has 2 aromatic carbocycles. The lowest BCUT2D eigenvalue weighted by molar-refractivity contribution is 0.0702. The summed E-state index contributed by atoms with van der Waals surface area (Å²) in [5, 5.41) is 10.2. The first kappa shape index (κ1) is 15.2. The molecule has 3 aromatic rings. The molecule has 1 N–H and O–H groups in total. The zero-order chi connectivity index (χ0) is 16.4. The summed E-state index contributed by atoms with van der Waals surface area (Å²) < 4.78 is 5.14. The Morgan fingerprint density at radius 1 is 1.04 bits per heavy atom. The highest BCUT2D eigenvalue weighted by atomic mass is 32.1. The minimum absolute atomic E-state index is 0.250. The molecule has 0 radical (unpaired) electrons. The molecule has 3 rings (SSSR count). The van der Waals surface area contributed by atoms with Gasteiger partial charge in [-0.1, -0.05) is 29.8 Å². The number of benzene rings is 2. The molecule has 0 saturated carbocycles. The van der Waals surface area contributed by atoms with Gasteiger partial charge in [0.25, 0.3) is 0 Å². The summed E-state index contributed by atoms with van der Waals surface area (Å²) in [7, 11) is 1.61. The van der Waals surface area contributed by atoms with Crippen LogP contribution in [-0.2, 0) is 0 Å². The van der Waals surface area contributed by atoms with Crippen molar-refractivity contribution in [2.45, 2.75) is 6.92 Å². The van der Waals surface area contributed by atoms with Crippen LogP contribution in [0, 0.1) is 6.92 Å². The second-order valence-corrected chi connectivity index (χ2v) is 6.10. The van der Waals surface area contributed by atoms with E-state index in [1.54, 1.807) is 7.11 Å². The van der Waals surface area contributed by atoms with Crippen LogP contribution in [0.25, 0.3) is 21.8 Å². The molecule has 0 aliphatic heterocycles. The summed E-state index contributed by atoms with van der Waals surface area (Å²) in [6, 6.07) is 15.1. The van der Waals surface area contributed by atoms with Crippen molar-refractivity contribution in [2.24, 2.45) is 0 Å². The maximum absolute atomic E-state index is 11.6. The quantitative estimate of drug-likeness (QED) is 0.767. The van der Waals surface area contributed by atoms with Gasteiger partial charge in [-0.15, -0.1) is 11.3 Å². The predicted molar refractivity (Wildman–Crippen MR) is 91.2 cm³/mol. The van der Waals surface area contributed by atoms with Gasteiger partial charge < -0.3 is 9.84 Å². The van der Waals surface area contributed by atoms with Gasteiger partial charge in [-0.3, -0.25) is 0 Å².